The van der Waals surface area contributed by atoms with Crippen LogP contribution < -0.4 is 21.3 Å². The molecule has 3 amide bonds. The topological polar surface area (TPSA) is 105 Å². The minimum atomic E-state index is -0.373. The van der Waals surface area contributed by atoms with Crippen LogP contribution in [0.5, 0.6) is 0 Å². The van der Waals surface area contributed by atoms with E-state index < -0.39 is 0 Å². The van der Waals surface area contributed by atoms with Gasteiger partial charge in [-0.05, 0) is 31.0 Å². The van der Waals surface area contributed by atoms with Crippen molar-refractivity contribution in [2.75, 3.05) is 24.5 Å². The molecule has 4 N–H and O–H groups in total. The predicted molar refractivity (Wildman–Crippen MR) is 93.9 cm³/mol. The first-order chi connectivity index (χ1) is 11.0. The fourth-order valence-corrected chi connectivity index (χ4v) is 2.51. The maximum atomic E-state index is 11.8. The van der Waals surface area contributed by atoms with Crippen molar-refractivity contribution in [3.05, 3.63) is 29.8 Å². The SMILES string of the molecule is CC(NC(=O)CNC(=O)CN)c1cccc(N2CCCC2=O)c1.Cl. The zero-order chi connectivity index (χ0) is 16.8. The molecule has 1 aromatic rings. The number of nitrogens with zero attached hydrogens (tertiary/aromatic N) is 1. The number of anilines is 1. The molecule has 1 aromatic carbocycles. The van der Waals surface area contributed by atoms with Crippen molar-refractivity contribution >= 4 is 35.8 Å². The smallest absolute Gasteiger partial charge is 0.239 e. The van der Waals surface area contributed by atoms with E-state index in [9.17, 15) is 14.4 Å². The summed E-state index contributed by atoms with van der Waals surface area (Å²) in [4.78, 5) is 36.4. The van der Waals surface area contributed by atoms with Gasteiger partial charge in [0.05, 0.1) is 19.1 Å². The van der Waals surface area contributed by atoms with Gasteiger partial charge in [0.25, 0.3) is 0 Å². The standard InChI is InChI=1S/C16H22N4O3.ClH/c1-11(19-15(22)10-18-14(21)9-17)12-4-2-5-13(8-12)20-7-3-6-16(20)23;/h2,4-5,8,11H,3,6-7,9-10,17H2,1H3,(H,18,21)(H,19,22);1H. The Kier molecular flexibility index (Phi) is 7.67. The second-order valence-corrected chi connectivity index (χ2v) is 5.51. The van der Waals surface area contributed by atoms with E-state index in [4.69, 9.17) is 5.73 Å². The number of nitrogens with one attached hydrogen (secondary N) is 2. The Labute approximate surface area is 147 Å². The molecule has 1 aliphatic heterocycles. The van der Waals surface area contributed by atoms with Crippen LogP contribution in [0.1, 0.15) is 31.4 Å². The van der Waals surface area contributed by atoms with Gasteiger partial charge < -0.3 is 21.3 Å². The molecule has 8 heteroatoms. The van der Waals surface area contributed by atoms with Crippen LogP contribution in [-0.2, 0) is 14.4 Å². The van der Waals surface area contributed by atoms with Crippen LogP contribution in [0.4, 0.5) is 5.69 Å². The average molecular weight is 355 g/mol. The molecule has 1 atom stereocenters. The number of hydrogen-bond donors (Lipinski definition) is 3. The van der Waals surface area contributed by atoms with E-state index in [0.717, 1.165) is 24.2 Å². The molecule has 1 saturated heterocycles. The molecule has 0 bridgehead atoms. The molecule has 1 unspecified atom stereocenters. The molecule has 2 rings (SSSR count). The van der Waals surface area contributed by atoms with Crippen LogP contribution in [-0.4, -0.2) is 37.4 Å². The highest BCUT2D eigenvalue weighted by molar-refractivity contribution is 5.95. The van der Waals surface area contributed by atoms with Crippen molar-refractivity contribution in [2.45, 2.75) is 25.8 Å². The minimum absolute atomic E-state index is 0. The number of benzene rings is 1. The Hall–Kier alpha value is -2.12. The first-order valence-electron chi connectivity index (χ1n) is 7.67. The number of rotatable bonds is 6. The molecule has 1 aliphatic rings. The van der Waals surface area contributed by atoms with E-state index in [1.54, 1.807) is 4.90 Å². The van der Waals surface area contributed by atoms with E-state index in [-0.39, 0.29) is 49.3 Å². The van der Waals surface area contributed by atoms with E-state index in [1.165, 1.54) is 0 Å². The third-order valence-electron chi connectivity index (χ3n) is 3.76. The van der Waals surface area contributed by atoms with Crippen LogP contribution in [0.3, 0.4) is 0 Å². The second kappa shape index (κ2) is 9.24. The summed E-state index contributed by atoms with van der Waals surface area (Å²) < 4.78 is 0. The number of halogens is 1. The average Bonchev–Trinajstić information content (AvgIpc) is 2.98. The van der Waals surface area contributed by atoms with Crippen molar-refractivity contribution in [3.8, 4) is 0 Å². The molecule has 0 saturated carbocycles. The van der Waals surface area contributed by atoms with Crippen LogP contribution >= 0.6 is 12.4 Å². The highest BCUT2D eigenvalue weighted by Crippen LogP contribution is 2.24. The summed E-state index contributed by atoms with van der Waals surface area (Å²) >= 11 is 0. The van der Waals surface area contributed by atoms with Crippen LogP contribution in [0.2, 0.25) is 0 Å². The molecular weight excluding hydrogens is 332 g/mol. The van der Waals surface area contributed by atoms with Crippen molar-refractivity contribution in [1.82, 2.24) is 10.6 Å². The first kappa shape index (κ1) is 19.9. The summed E-state index contributed by atoms with van der Waals surface area (Å²) in [5.74, 6) is -0.535. The molecule has 0 aliphatic carbocycles. The number of amides is 3. The fourth-order valence-electron chi connectivity index (χ4n) is 2.51. The zero-order valence-electron chi connectivity index (χ0n) is 13.6. The Morgan fingerprint density at radius 3 is 2.71 bits per heavy atom. The monoisotopic (exact) mass is 354 g/mol. The summed E-state index contributed by atoms with van der Waals surface area (Å²) in [6.45, 7) is 2.33. The number of hydrogen-bond acceptors (Lipinski definition) is 4. The molecule has 132 valence electrons. The molecule has 0 radical (unpaired) electrons. The molecular formula is C16H23ClN4O3. The van der Waals surface area contributed by atoms with Crippen molar-refractivity contribution < 1.29 is 14.4 Å². The molecule has 24 heavy (non-hydrogen) atoms. The van der Waals surface area contributed by atoms with Gasteiger partial charge in [-0.2, -0.15) is 0 Å². The van der Waals surface area contributed by atoms with Gasteiger partial charge in [0, 0.05) is 18.7 Å². The van der Waals surface area contributed by atoms with Crippen molar-refractivity contribution in [1.29, 1.82) is 0 Å². The lowest BCUT2D eigenvalue weighted by molar-refractivity contribution is -0.125. The Bertz CT molecular complexity index is 609. The van der Waals surface area contributed by atoms with Gasteiger partial charge in [-0.1, -0.05) is 12.1 Å². The molecule has 0 spiro atoms. The van der Waals surface area contributed by atoms with Crippen molar-refractivity contribution in [2.24, 2.45) is 5.73 Å². The van der Waals surface area contributed by atoms with Crippen LogP contribution in [0.25, 0.3) is 0 Å². The third kappa shape index (κ3) is 5.21. The lowest BCUT2D eigenvalue weighted by atomic mass is 10.1. The summed E-state index contributed by atoms with van der Waals surface area (Å²) in [7, 11) is 0. The van der Waals surface area contributed by atoms with Gasteiger partial charge in [-0.25, -0.2) is 0 Å². The lowest BCUT2D eigenvalue weighted by Gasteiger charge is -2.19. The van der Waals surface area contributed by atoms with E-state index >= 15 is 0 Å². The summed E-state index contributed by atoms with van der Waals surface area (Å²) in [5, 5.41) is 5.23. The summed E-state index contributed by atoms with van der Waals surface area (Å²) in [5.41, 5.74) is 6.92. The number of nitrogens with two attached hydrogens (primary N) is 1. The highest BCUT2D eigenvalue weighted by Gasteiger charge is 2.22. The summed E-state index contributed by atoms with van der Waals surface area (Å²) in [6.07, 6.45) is 1.45. The van der Waals surface area contributed by atoms with E-state index in [1.807, 2.05) is 31.2 Å². The van der Waals surface area contributed by atoms with Gasteiger partial charge in [-0.3, -0.25) is 14.4 Å². The molecule has 7 nitrogen and oxygen atoms in total. The van der Waals surface area contributed by atoms with Gasteiger partial charge in [0.1, 0.15) is 0 Å². The van der Waals surface area contributed by atoms with E-state index in [0.29, 0.717) is 6.42 Å². The maximum absolute atomic E-state index is 11.8. The Balaban J connectivity index is 0.00000288. The molecule has 1 fully saturated rings. The van der Waals surface area contributed by atoms with Gasteiger partial charge >= 0.3 is 0 Å². The second-order valence-electron chi connectivity index (χ2n) is 5.51. The van der Waals surface area contributed by atoms with Crippen molar-refractivity contribution in [3.63, 3.8) is 0 Å². The number of carbonyl (C=O) groups is 3. The van der Waals surface area contributed by atoms with Gasteiger partial charge in [0.15, 0.2) is 0 Å². The highest BCUT2D eigenvalue weighted by atomic mass is 35.5. The Morgan fingerprint density at radius 2 is 2.08 bits per heavy atom. The van der Waals surface area contributed by atoms with E-state index in [2.05, 4.69) is 10.6 Å². The lowest BCUT2D eigenvalue weighted by Crippen LogP contribution is -2.40. The zero-order valence-corrected chi connectivity index (χ0v) is 14.4. The largest absolute Gasteiger partial charge is 0.348 e. The summed E-state index contributed by atoms with van der Waals surface area (Å²) in [6, 6.07) is 7.34. The number of carbonyl (C=O) groups excluding carboxylic acids is 3. The maximum Gasteiger partial charge on any atom is 0.239 e. The predicted octanol–water partition coefficient (Wildman–Crippen LogP) is 0.487. The quantitative estimate of drug-likeness (QED) is 0.691. The first-order valence-corrected chi connectivity index (χ1v) is 7.67. The van der Waals surface area contributed by atoms with Gasteiger partial charge in [-0.15, -0.1) is 12.4 Å². The van der Waals surface area contributed by atoms with Crippen LogP contribution in [0.15, 0.2) is 24.3 Å². The third-order valence-corrected chi connectivity index (χ3v) is 3.76. The normalized spacial score (nSPS) is 14.8. The minimum Gasteiger partial charge on any atom is -0.348 e. The van der Waals surface area contributed by atoms with Crippen LogP contribution in [0, 0.1) is 0 Å². The Morgan fingerprint density at radius 1 is 1.33 bits per heavy atom. The molecule has 0 aromatic heterocycles. The van der Waals surface area contributed by atoms with Gasteiger partial charge in [0.2, 0.25) is 17.7 Å². The fraction of sp³-hybridized carbons (Fsp3) is 0.438. The molecule has 1 heterocycles.